The van der Waals surface area contributed by atoms with Gasteiger partial charge in [-0.05, 0) is 24.6 Å². The molecule has 2 N–H and O–H groups in total. The summed E-state index contributed by atoms with van der Waals surface area (Å²) < 4.78 is 5.17. The Bertz CT molecular complexity index is 655. The third-order valence-electron chi connectivity index (χ3n) is 3.42. The summed E-state index contributed by atoms with van der Waals surface area (Å²) in [5.41, 5.74) is 2.20. The lowest BCUT2D eigenvalue weighted by Crippen LogP contribution is -2.36. The number of ether oxygens (including phenoxy) is 1. The van der Waals surface area contributed by atoms with Crippen LogP contribution in [0, 0.1) is 0 Å². The number of rotatable bonds is 7. The average molecular weight is 474 g/mol. The second-order valence-electron chi connectivity index (χ2n) is 5.73. The minimum atomic E-state index is 0. The van der Waals surface area contributed by atoms with Gasteiger partial charge in [-0.25, -0.2) is 9.98 Å². The van der Waals surface area contributed by atoms with E-state index in [-0.39, 0.29) is 24.0 Å². The summed E-state index contributed by atoms with van der Waals surface area (Å²) >= 11 is 1.71. The molecule has 0 saturated carbocycles. The molecule has 138 valence electrons. The van der Waals surface area contributed by atoms with E-state index in [1.165, 1.54) is 5.01 Å². The van der Waals surface area contributed by atoms with Crippen molar-refractivity contribution in [2.75, 3.05) is 13.7 Å². The summed E-state index contributed by atoms with van der Waals surface area (Å²) in [6.45, 7) is 8.51. The van der Waals surface area contributed by atoms with Crippen molar-refractivity contribution in [3.8, 4) is 5.75 Å². The van der Waals surface area contributed by atoms with Crippen LogP contribution in [0.3, 0.4) is 0 Å². The van der Waals surface area contributed by atoms with E-state index in [1.54, 1.807) is 18.4 Å². The number of nitrogens with one attached hydrogen (secondary N) is 2. The maximum absolute atomic E-state index is 5.17. The first-order valence-electron chi connectivity index (χ1n) is 8.21. The number of halogens is 1. The molecule has 5 nitrogen and oxygen atoms in total. The van der Waals surface area contributed by atoms with E-state index in [2.05, 4.69) is 46.8 Å². The molecule has 0 atom stereocenters. The van der Waals surface area contributed by atoms with Crippen LogP contribution in [0.5, 0.6) is 5.75 Å². The third-order valence-corrected chi connectivity index (χ3v) is 4.62. The van der Waals surface area contributed by atoms with Gasteiger partial charge in [-0.2, -0.15) is 0 Å². The summed E-state index contributed by atoms with van der Waals surface area (Å²) in [7, 11) is 1.67. The number of hydrogen-bond acceptors (Lipinski definition) is 4. The van der Waals surface area contributed by atoms with Crippen molar-refractivity contribution in [2.45, 2.75) is 39.8 Å². The Kier molecular flexibility index (Phi) is 9.81. The second kappa shape index (κ2) is 11.3. The van der Waals surface area contributed by atoms with Crippen molar-refractivity contribution in [3.05, 3.63) is 45.9 Å². The zero-order valence-corrected chi connectivity index (χ0v) is 18.4. The number of nitrogens with zero attached hydrogens (tertiary/aromatic N) is 2. The number of hydrogen-bond donors (Lipinski definition) is 2. The monoisotopic (exact) mass is 474 g/mol. The first kappa shape index (κ1) is 21.7. The molecule has 0 amide bonds. The SMILES string of the molecule is CCNC(=NCc1ccc(OC)cc1)NCc1csc(C(C)C)n1.I. The van der Waals surface area contributed by atoms with Crippen LogP contribution in [-0.2, 0) is 13.1 Å². The number of methoxy groups -OCH3 is 1. The quantitative estimate of drug-likeness (QED) is 0.360. The Morgan fingerprint density at radius 3 is 2.52 bits per heavy atom. The van der Waals surface area contributed by atoms with Crippen molar-refractivity contribution < 1.29 is 4.74 Å². The molecule has 0 radical (unpaired) electrons. The molecule has 0 bridgehead atoms. The van der Waals surface area contributed by atoms with Crippen molar-refractivity contribution in [1.29, 1.82) is 0 Å². The molecular formula is C18H27IN4OS. The van der Waals surface area contributed by atoms with E-state index in [1.807, 2.05) is 24.3 Å². The van der Waals surface area contributed by atoms with Gasteiger partial charge in [0.25, 0.3) is 0 Å². The topological polar surface area (TPSA) is 58.5 Å². The summed E-state index contributed by atoms with van der Waals surface area (Å²) in [4.78, 5) is 9.26. The van der Waals surface area contributed by atoms with Gasteiger partial charge in [0.05, 0.1) is 30.9 Å². The van der Waals surface area contributed by atoms with Crippen molar-refractivity contribution in [3.63, 3.8) is 0 Å². The fourth-order valence-corrected chi connectivity index (χ4v) is 2.92. The van der Waals surface area contributed by atoms with Gasteiger partial charge in [0.2, 0.25) is 0 Å². The largest absolute Gasteiger partial charge is 0.497 e. The van der Waals surface area contributed by atoms with Gasteiger partial charge >= 0.3 is 0 Å². The summed E-state index contributed by atoms with van der Waals surface area (Å²) in [5, 5.41) is 9.89. The average Bonchev–Trinajstić information content (AvgIpc) is 3.07. The highest BCUT2D eigenvalue weighted by Gasteiger charge is 2.06. The second-order valence-corrected chi connectivity index (χ2v) is 6.62. The van der Waals surface area contributed by atoms with Gasteiger partial charge in [0.15, 0.2) is 5.96 Å². The maximum atomic E-state index is 5.17. The molecule has 2 aromatic rings. The normalized spacial score (nSPS) is 11.2. The van der Waals surface area contributed by atoms with Crippen molar-refractivity contribution >= 4 is 41.3 Å². The Balaban J connectivity index is 0.00000312. The molecule has 0 fully saturated rings. The molecule has 7 heteroatoms. The Labute approximate surface area is 171 Å². The fourth-order valence-electron chi connectivity index (χ4n) is 2.09. The summed E-state index contributed by atoms with van der Waals surface area (Å²) in [6.07, 6.45) is 0. The molecular weight excluding hydrogens is 447 g/mol. The number of aromatic nitrogens is 1. The molecule has 0 unspecified atom stereocenters. The van der Waals surface area contributed by atoms with Gasteiger partial charge in [-0.15, -0.1) is 35.3 Å². The van der Waals surface area contributed by atoms with Crippen LogP contribution in [0.2, 0.25) is 0 Å². The number of thiazole rings is 1. The van der Waals surface area contributed by atoms with Crippen molar-refractivity contribution in [1.82, 2.24) is 15.6 Å². The zero-order valence-electron chi connectivity index (χ0n) is 15.2. The predicted octanol–water partition coefficient (Wildman–Crippen LogP) is 4.15. The van der Waals surface area contributed by atoms with Crippen LogP contribution >= 0.6 is 35.3 Å². The Morgan fingerprint density at radius 2 is 1.96 bits per heavy atom. The fraction of sp³-hybridized carbons (Fsp3) is 0.444. The van der Waals surface area contributed by atoms with E-state index >= 15 is 0 Å². The highest BCUT2D eigenvalue weighted by Crippen LogP contribution is 2.18. The molecule has 0 aliphatic carbocycles. The van der Waals surface area contributed by atoms with Gasteiger partial charge in [0.1, 0.15) is 5.75 Å². The standard InChI is InChI=1S/C18H26N4OS.HI/c1-5-19-18(20-10-14-6-8-16(23-4)9-7-14)21-11-15-12-24-17(22-15)13(2)3;/h6-9,12-13H,5,10-11H2,1-4H3,(H2,19,20,21);1H. The van der Waals surface area contributed by atoms with Crippen LogP contribution in [0.1, 0.15) is 43.0 Å². The van der Waals surface area contributed by atoms with Gasteiger partial charge in [-0.1, -0.05) is 26.0 Å². The molecule has 2 rings (SSSR count). The lowest BCUT2D eigenvalue weighted by Gasteiger charge is -2.10. The number of aliphatic imine (C=N–C) groups is 1. The Morgan fingerprint density at radius 1 is 1.24 bits per heavy atom. The first-order valence-corrected chi connectivity index (χ1v) is 9.09. The molecule has 0 saturated heterocycles. The maximum Gasteiger partial charge on any atom is 0.191 e. The molecule has 25 heavy (non-hydrogen) atoms. The van der Waals surface area contributed by atoms with Crippen LogP contribution < -0.4 is 15.4 Å². The van der Waals surface area contributed by atoms with Crippen LogP contribution in [0.25, 0.3) is 0 Å². The van der Waals surface area contributed by atoms with E-state index < -0.39 is 0 Å². The molecule has 0 spiro atoms. The number of guanidine groups is 1. The van der Waals surface area contributed by atoms with Crippen LogP contribution in [-0.4, -0.2) is 24.6 Å². The molecule has 1 heterocycles. The molecule has 0 aliphatic heterocycles. The minimum Gasteiger partial charge on any atom is -0.497 e. The summed E-state index contributed by atoms with van der Waals surface area (Å²) in [5.74, 6) is 2.13. The van der Waals surface area contributed by atoms with Gasteiger partial charge in [0, 0.05) is 17.8 Å². The van der Waals surface area contributed by atoms with E-state index in [0.717, 1.165) is 29.5 Å². The lowest BCUT2D eigenvalue weighted by atomic mass is 10.2. The van der Waals surface area contributed by atoms with Crippen LogP contribution in [0.15, 0.2) is 34.6 Å². The Hall–Kier alpha value is -1.35. The van der Waals surface area contributed by atoms with E-state index in [4.69, 9.17) is 4.74 Å². The smallest absolute Gasteiger partial charge is 0.191 e. The summed E-state index contributed by atoms with van der Waals surface area (Å²) in [6, 6.07) is 7.96. The highest BCUT2D eigenvalue weighted by molar-refractivity contribution is 14.0. The van der Waals surface area contributed by atoms with Crippen molar-refractivity contribution in [2.24, 2.45) is 4.99 Å². The zero-order chi connectivity index (χ0) is 17.4. The molecule has 1 aromatic heterocycles. The first-order chi connectivity index (χ1) is 11.6. The molecule has 1 aromatic carbocycles. The van der Waals surface area contributed by atoms with Gasteiger partial charge < -0.3 is 15.4 Å². The van der Waals surface area contributed by atoms with E-state index in [0.29, 0.717) is 19.0 Å². The van der Waals surface area contributed by atoms with E-state index in [9.17, 15) is 0 Å². The lowest BCUT2D eigenvalue weighted by molar-refractivity contribution is 0.414. The molecule has 0 aliphatic rings. The third kappa shape index (κ3) is 7.19. The predicted molar refractivity (Wildman–Crippen MR) is 116 cm³/mol. The highest BCUT2D eigenvalue weighted by atomic mass is 127. The van der Waals surface area contributed by atoms with Crippen LogP contribution in [0.4, 0.5) is 0 Å². The van der Waals surface area contributed by atoms with Gasteiger partial charge in [-0.3, -0.25) is 0 Å². The number of benzene rings is 1. The minimum absolute atomic E-state index is 0.